The highest BCUT2D eigenvalue weighted by Crippen LogP contribution is 2.35. The van der Waals surface area contributed by atoms with Crippen molar-refractivity contribution in [3.63, 3.8) is 0 Å². The third kappa shape index (κ3) is 2.24. The quantitative estimate of drug-likeness (QED) is 0.904. The van der Waals surface area contributed by atoms with Crippen LogP contribution in [0.4, 0.5) is 0 Å². The number of benzene rings is 1. The Hall–Kier alpha value is -1.44. The molecule has 2 aromatic rings. The highest BCUT2D eigenvalue weighted by atomic mass is 32.2. The van der Waals surface area contributed by atoms with E-state index in [1.807, 2.05) is 0 Å². The lowest BCUT2D eigenvalue weighted by atomic mass is 10.2. The zero-order chi connectivity index (χ0) is 13.6. The van der Waals surface area contributed by atoms with Crippen molar-refractivity contribution in [1.82, 2.24) is 4.72 Å². The minimum Gasteiger partial charge on any atom is -0.477 e. The van der Waals surface area contributed by atoms with Gasteiger partial charge in [-0.3, -0.25) is 0 Å². The molecule has 1 aliphatic rings. The van der Waals surface area contributed by atoms with E-state index >= 15 is 0 Å². The standard InChI is InChI=1S/C12H11NO4S2/c14-12(15)10-11(19(16,17)13-7-5-6-7)8-3-1-2-4-9(8)18-10/h1-4,7,13H,5-6H2,(H,14,15). The van der Waals surface area contributed by atoms with Crippen LogP contribution in [0.5, 0.6) is 0 Å². The molecule has 0 unspecified atom stereocenters. The second-order valence-corrected chi connectivity index (χ2v) is 7.16. The SMILES string of the molecule is O=C(O)c1sc2ccccc2c1S(=O)(=O)NC1CC1. The van der Waals surface area contributed by atoms with Gasteiger partial charge in [0, 0.05) is 16.1 Å². The molecule has 0 bridgehead atoms. The molecule has 3 rings (SSSR count). The molecule has 1 heterocycles. The first kappa shape index (κ1) is 12.6. The average Bonchev–Trinajstić information content (AvgIpc) is 3.04. The van der Waals surface area contributed by atoms with Gasteiger partial charge in [0.05, 0.1) is 0 Å². The van der Waals surface area contributed by atoms with Crippen LogP contribution in [0.3, 0.4) is 0 Å². The van der Waals surface area contributed by atoms with Gasteiger partial charge in [-0.05, 0) is 18.9 Å². The highest BCUT2D eigenvalue weighted by molar-refractivity contribution is 7.90. The van der Waals surface area contributed by atoms with E-state index in [1.165, 1.54) is 0 Å². The predicted molar refractivity (Wildman–Crippen MR) is 72.1 cm³/mol. The summed E-state index contributed by atoms with van der Waals surface area (Å²) in [5.41, 5.74) is 0. The number of aromatic carboxylic acids is 1. The van der Waals surface area contributed by atoms with Crippen LogP contribution in [0.15, 0.2) is 29.2 Å². The second kappa shape index (κ2) is 4.29. The van der Waals surface area contributed by atoms with Crippen LogP contribution in [-0.2, 0) is 10.0 Å². The summed E-state index contributed by atoms with van der Waals surface area (Å²) in [5, 5.41) is 9.67. The van der Waals surface area contributed by atoms with Gasteiger partial charge in [-0.15, -0.1) is 11.3 Å². The molecular formula is C12H11NO4S2. The number of sulfonamides is 1. The summed E-state index contributed by atoms with van der Waals surface area (Å²) in [4.78, 5) is 11.0. The molecule has 0 aliphatic heterocycles. The van der Waals surface area contributed by atoms with E-state index in [2.05, 4.69) is 4.72 Å². The molecule has 0 radical (unpaired) electrons. The van der Waals surface area contributed by atoms with Crippen LogP contribution in [0.2, 0.25) is 0 Å². The zero-order valence-electron chi connectivity index (χ0n) is 9.79. The number of hydrogen-bond donors (Lipinski definition) is 2. The summed E-state index contributed by atoms with van der Waals surface area (Å²) in [6.45, 7) is 0. The molecular weight excluding hydrogens is 286 g/mol. The van der Waals surface area contributed by atoms with Crippen LogP contribution in [-0.4, -0.2) is 25.5 Å². The van der Waals surface area contributed by atoms with Crippen molar-refractivity contribution < 1.29 is 18.3 Å². The summed E-state index contributed by atoms with van der Waals surface area (Å²) in [6, 6.07) is 6.78. The van der Waals surface area contributed by atoms with Crippen LogP contribution >= 0.6 is 11.3 Å². The Kier molecular flexibility index (Phi) is 2.84. The Balaban J connectivity index is 2.25. The van der Waals surface area contributed by atoms with Gasteiger partial charge in [0.15, 0.2) is 0 Å². The van der Waals surface area contributed by atoms with Gasteiger partial charge in [-0.25, -0.2) is 17.9 Å². The van der Waals surface area contributed by atoms with Gasteiger partial charge in [0.1, 0.15) is 9.77 Å². The van der Waals surface area contributed by atoms with Gasteiger partial charge in [-0.2, -0.15) is 0 Å². The third-order valence-electron chi connectivity index (χ3n) is 2.91. The zero-order valence-corrected chi connectivity index (χ0v) is 11.4. The molecule has 0 amide bonds. The van der Waals surface area contributed by atoms with Gasteiger partial charge in [0.25, 0.3) is 0 Å². The van der Waals surface area contributed by atoms with Gasteiger partial charge >= 0.3 is 5.97 Å². The number of carboxylic acids is 1. The fourth-order valence-corrected chi connectivity index (χ4v) is 4.96. The van der Waals surface area contributed by atoms with Crippen molar-refractivity contribution in [2.45, 2.75) is 23.8 Å². The number of carbonyl (C=O) groups is 1. The maximum absolute atomic E-state index is 12.3. The van der Waals surface area contributed by atoms with Crippen molar-refractivity contribution in [2.75, 3.05) is 0 Å². The molecule has 7 heteroatoms. The van der Waals surface area contributed by atoms with E-state index in [1.54, 1.807) is 24.3 Å². The number of thiophene rings is 1. The van der Waals surface area contributed by atoms with E-state index in [0.29, 0.717) is 10.1 Å². The number of rotatable bonds is 4. The smallest absolute Gasteiger partial charge is 0.347 e. The maximum Gasteiger partial charge on any atom is 0.347 e. The predicted octanol–water partition coefficient (Wildman–Crippen LogP) is 2.04. The number of hydrogen-bond acceptors (Lipinski definition) is 4. The molecule has 1 aliphatic carbocycles. The number of fused-ring (bicyclic) bond motifs is 1. The van der Waals surface area contributed by atoms with Crippen molar-refractivity contribution >= 4 is 37.4 Å². The number of nitrogens with one attached hydrogen (secondary N) is 1. The lowest BCUT2D eigenvalue weighted by Gasteiger charge is -2.05. The van der Waals surface area contributed by atoms with Crippen molar-refractivity contribution in [1.29, 1.82) is 0 Å². The summed E-state index contributed by atoms with van der Waals surface area (Å²) in [6.07, 6.45) is 1.62. The van der Waals surface area contributed by atoms with Gasteiger partial charge in [-0.1, -0.05) is 18.2 Å². The normalized spacial score (nSPS) is 15.8. The monoisotopic (exact) mass is 297 g/mol. The van der Waals surface area contributed by atoms with Crippen LogP contribution in [0, 0.1) is 0 Å². The van der Waals surface area contributed by atoms with Crippen molar-refractivity contribution in [3.8, 4) is 0 Å². The van der Waals surface area contributed by atoms with Gasteiger partial charge < -0.3 is 5.11 Å². The molecule has 0 atom stereocenters. The molecule has 2 N–H and O–H groups in total. The minimum absolute atomic E-state index is 0.0506. The topological polar surface area (TPSA) is 83.5 Å². The first-order chi connectivity index (χ1) is 8.99. The Morgan fingerprint density at radius 3 is 2.63 bits per heavy atom. The highest BCUT2D eigenvalue weighted by Gasteiger charge is 2.33. The molecule has 19 heavy (non-hydrogen) atoms. The molecule has 1 aromatic heterocycles. The van der Waals surface area contributed by atoms with E-state index in [9.17, 15) is 18.3 Å². The Morgan fingerprint density at radius 1 is 1.32 bits per heavy atom. The van der Waals surface area contributed by atoms with E-state index in [-0.39, 0.29) is 15.8 Å². The molecule has 1 saturated carbocycles. The first-order valence-corrected chi connectivity index (χ1v) is 8.06. The Bertz CT molecular complexity index is 759. The van der Waals surface area contributed by atoms with E-state index in [0.717, 1.165) is 24.2 Å². The van der Waals surface area contributed by atoms with Crippen LogP contribution in [0.1, 0.15) is 22.5 Å². The second-order valence-electron chi connectivity index (χ2n) is 4.46. The molecule has 0 saturated heterocycles. The summed E-state index contributed by atoms with van der Waals surface area (Å²) in [5.74, 6) is -1.21. The lowest BCUT2D eigenvalue weighted by Crippen LogP contribution is -2.26. The Morgan fingerprint density at radius 2 is 2.00 bits per heavy atom. The third-order valence-corrected chi connectivity index (χ3v) is 5.81. The molecule has 5 nitrogen and oxygen atoms in total. The molecule has 1 fully saturated rings. The van der Waals surface area contributed by atoms with Crippen molar-refractivity contribution in [2.24, 2.45) is 0 Å². The summed E-state index contributed by atoms with van der Waals surface area (Å²) >= 11 is 0.988. The summed E-state index contributed by atoms with van der Waals surface area (Å²) < 4.78 is 27.8. The van der Waals surface area contributed by atoms with Gasteiger partial charge in [0.2, 0.25) is 10.0 Å². The average molecular weight is 297 g/mol. The maximum atomic E-state index is 12.3. The largest absolute Gasteiger partial charge is 0.477 e. The van der Waals surface area contributed by atoms with Crippen LogP contribution < -0.4 is 4.72 Å². The van der Waals surface area contributed by atoms with E-state index in [4.69, 9.17) is 0 Å². The number of carboxylic acid groups (broad SMARTS) is 1. The van der Waals surface area contributed by atoms with Crippen molar-refractivity contribution in [3.05, 3.63) is 29.1 Å². The molecule has 100 valence electrons. The molecule has 0 spiro atoms. The summed E-state index contributed by atoms with van der Waals surface area (Å²) in [7, 11) is -3.78. The fraction of sp³-hybridized carbons (Fsp3) is 0.250. The Labute approximate surface area is 113 Å². The van der Waals surface area contributed by atoms with Crippen LogP contribution in [0.25, 0.3) is 10.1 Å². The minimum atomic E-state index is -3.78. The fourth-order valence-electron chi connectivity index (χ4n) is 1.91. The first-order valence-electron chi connectivity index (χ1n) is 5.76. The molecule has 1 aromatic carbocycles. The lowest BCUT2D eigenvalue weighted by molar-refractivity contribution is 0.0698. The van der Waals surface area contributed by atoms with E-state index < -0.39 is 16.0 Å².